The summed E-state index contributed by atoms with van der Waals surface area (Å²) in [6.45, 7) is 1.86. The van der Waals surface area contributed by atoms with Gasteiger partial charge in [0.15, 0.2) is 5.75 Å². The van der Waals surface area contributed by atoms with Crippen molar-refractivity contribution in [1.29, 1.82) is 0 Å². The normalized spacial score (nSPS) is 14.2. The summed E-state index contributed by atoms with van der Waals surface area (Å²) in [6.07, 6.45) is 1.55. The lowest BCUT2D eigenvalue weighted by atomic mass is 10.1. The first-order valence-corrected chi connectivity index (χ1v) is 3.54. The molecule has 4 heteroatoms. The molecule has 1 aliphatic heterocycles. The Kier molecular flexibility index (Phi) is 1.30. The Labute approximate surface area is 68.8 Å². The molecule has 1 aromatic rings. The predicted molar refractivity (Wildman–Crippen MR) is 39.8 cm³/mol. The zero-order chi connectivity index (χ0) is 8.72. The third-order valence-electron chi connectivity index (χ3n) is 1.88. The van der Waals surface area contributed by atoms with Gasteiger partial charge in [0.1, 0.15) is 12.2 Å². The minimum absolute atomic E-state index is 0.0602. The smallest absolute Gasteiger partial charge is 0.342 e. The lowest BCUT2D eigenvalue weighted by Gasteiger charge is -1.99. The van der Waals surface area contributed by atoms with E-state index in [1.807, 2.05) is 0 Å². The van der Waals surface area contributed by atoms with Crippen molar-refractivity contribution in [2.45, 2.75) is 13.5 Å². The molecular weight excluding hydrogens is 158 g/mol. The Morgan fingerprint density at radius 2 is 2.42 bits per heavy atom. The largest absolute Gasteiger partial charge is 0.505 e. The summed E-state index contributed by atoms with van der Waals surface area (Å²) in [5.41, 5.74) is 1.37. The minimum atomic E-state index is -0.465. The number of ether oxygens (including phenoxy) is 1. The van der Waals surface area contributed by atoms with Gasteiger partial charge in [0, 0.05) is 11.8 Å². The average Bonchev–Trinajstić information content (AvgIpc) is 2.41. The van der Waals surface area contributed by atoms with Crippen LogP contribution in [0.4, 0.5) is 0 Å². The summed E-state index contributed by atoms with van der Waals surface area (Å²) in [4.78, 5) is 14.9. The monoisotopic (exact) mass is 165 g/mol. The van der Waals surface area contributed by atoms with Gasteiger partial charge in [-0.2, -0.15) is 0 Å². The van der Waals surface area contributed by atoms with Gasteiger partial charge in [-0.25, -0.2) is 4.79 Å². The van der Waals surface area contributed by atoms with Crippen molar-refractivity contribution in [2.75, 3.05) is 0 Å². The number of rotatable bonds is 0. The fourth-order valence-corrected chi connectivity index (χ4v) is 1.19. The molecule has 0 saturated heterocycles. The van der Waals surface area contributed by atoms with Crippen LogP contribution in [-0.2, 0) is 11.3 Å². The van der Waals surface area contributed by atoms with Gasteiger partial charge in [0.05, 0.1) is 5.69 Å². The minimum Gasteiger partial charge on any atom is -0.505 e. The molecule has 1 aliphatic rings. The van der Waals surface area contributed by atoms with E-state index in [1.54, 1.807) is 13.1 Å². The van der Waals surface area contributed by atoms with Crippen molar-refractivity contribution in [3.63, 3.8) is 0 Å². The van der Waals surface area contributed by atoms with E-state index in [9.17, 15) is 9.90 Å². The number of fused-ring (bicyclic) bond motifs is 1. The van der Waals surface area contributed by atoms with Crippen LogP contribution in [0.5, 0.6) is 5.75 Å². The molecule has 0 spiro atoms. The Morgan fingerprint density at radius 3 is 3.17 bits per heavy atom. The van der Waals surface area contributed by atoms with Crippen molar-refractivity contribution in [3.8, 4) is 5.75 Å². The summed E-state index contributed by atoms with van der Waals surface area (Å²) in [5, 5.41) is 9.43. The van der Waals surface area contributed by atoms with Crippen LogP contribution in [0, 0.1) is 6.92 Å². The third kappa shape index (κ3) is 0.777. The molecule has 12 heavy (non-hydrogen) atoms. The van der Waals surface area contributed by atoms with E-state index in [1.165, 1.54) is 0 Å². The summed E-state index contributed by atoms with van der Waals surface area (Å²) < 4.78 is 4.72. The first-order valence-electron chi connectivity index (χ1n) is 3.54. The number of esters is 1. The molecule has 0 saturated carbocycles. The van der Waals surface area contributed by atoms with E-state index in [2.05, 4.69) is 4.98 Å². The molecule has 0 aliphatic carbocycles. The van der Waals surface area contributed by atoms with Gasteiger partial charge in [0.2, 0.25) is 0 Å². The molecule has 0 amide bonds. The fourth-order valence-electron chi connectivity index (χ4n) is 1.19. The molecule has 4 nitrogen and oxygen atoms in total. The SMILES string of the molecule is Cc1ncc2c(c1O)C(=O)OC2. The highest BCUT2D eigenvalue weighted by Crippen LogP contribution is 2.29. The van der Waals surface area contributed by atoms with E-state index in [0.29, 0.717) is 11.3 Å². The highest BCUT2D eigenvalue weighted by Gasteiger charge is 2.26. The van der Waals surface area contributed by atoms with Crippen molar-refractivity contribution in [1.82, 2.24) is 4.98 Å². The fraction of sp³-hybridized carbons (Fsp3) is 0.250. The van der Waals surface area contributed by atoms with Gasteiger partial charge in [-0.05, 0) is 6.92 Å². The Morgan fingerprint density at radius 1 is 1.67 bits per heavy atom. The molecule has 1 aromatic heterocycles. The van der Waals surface area contributed by atoms with Crippen LogP contribution in [0.1, 0.15) is 21.6 Å². The van der Waals surface area contributed by atoms with E-state index in [0.717, 1.165) is 0 Å². The van der Waals surface area contributed by atoms with Gasteiger partial charge < -0.3 is 9.84 Å². The van der Waals surface area contributed by atoms with Gasteiger partial charge in [-0.3, -0.25) is 4.98 Å². The van der Waals surface area contributed by atoms with E-state index in [4.69, 9.17) is 4.74 Å². The molecule has 0 unspecified atom stereocenters. The quantitative estimate of drug-likeness (QED) is 0.577. The number of aromatic nitrogens is 1. The van der Waals surface area contributed by atoms with Crippen LogP contribution in [-0.4, -0.2) is 16.1 Å². The number of hydrogen-bond acceptors (Lipinski definition) is 4. The number of aromatic hydroxyl groups is 1. The van der Waals surface area contributed by atoms with Crippen LogP contribution in [0.3, 0.4) is 0 Å². The van der Waals surface area contributed by atoms with E-state index >= 15 is 0 Å². The second-order valence-corrected chi connectivity index (χ2v) is 2.67. The Balaban J connectivity index is 2.71. The van der Waals surface area contributed by atoms with Gasteiger partial charge >= 0.3 is 5.97 Å². The van der Waals surface area contributed by atoms with Gasteiger partial charge in [-0.15, -0.1) is 0 Å². The van der Waals surface area contributed by atoms with Crippen molar-refractivity contribution < 1.29 is 14.6 Å². The number of carbonyl (C=O) groups is 1. The molecule has 1 N–H and O–H groups in total. The van der Waals surface area contributed by atoms with E-state index in [-0.39, 0.29) is 17.9 Å². The topological polar surface area (TPSA) is 59.4 Å². The lowest BCUT2D eigenvalue weighted by molar-refractivity contribution is 0.0533. The molecular formula is C8H7NO3. The number of aryl methyl sites for hydroxylation is 1. The molecule has 0 bridgehead atoms. The molecule has 0 radical (unpaired) electrons. The maximum atomic E-state index is 11.0. The molecule has 0 fully saturated rings. The first kappa shape index (κ1) is 7.09. The second kappa shape index (κ2) is 2.20. The highest BCUT2D eigenvalue weighted by atomic mass is 16.5. The molecule has 2 rings (SSSR count). The standard InChI is InChI=1S/C8H7NO3/c1-4-7(10)6-5(2-9-4)3-12-8(6)11/h2,10H,3H2,1H3. The number of carbonyl (C=O) groups excluding carboxylic acids is 1. The second-order valence-electron chi connectivity index (χ2n) is 2.67. The van der Waals surface area contributed by atoms with Crippen LogP contribution >= 0.6 is 0 Å². The summed E-state index contributed by atoms with van der Waals surface area (Å²) >= 11 is 0. The van der Waals surface area contributed by atoms with Crippen molar-refractivity contribution >= 4 is 5.97 Å². The molecule has 0 aromatic carbocycles. The van der Waals surface area contributed by atoms with Gasteiger partial charge in [-0.1, -0.05) is 0 Å². The average molecular weight is 165 g/mol. The Bertz CT molecular complexity index is 360. The zero-order valence-corrected chi connectivity index (χ0v) is 6.50. The molecule has 2 heterocycles. The third-order valence-corrected chi connectivity index (χ3v) is 1.88. The maximum absolute atomic E-state index is 11.0. The van der Waals surface area contributed by atoms with Crippen LogP contribution in [0.2, 0.25) is 0 Å². The number of cyclic esters (lactones) is 1. The van der Waals surface area contributed by atoms with E-state index < -0.39 is 5.97 Å². The molecule has 62 valence electrons. The molecule has 0 atom stereocenters. The zero-order valence-electron chi connectivity index (χ0n) is 6.50. The number of pyridine rings is 1. The van der Waals surface area contributed by atoms with Gasteiger partial charge in [0.25, 0.3) is 0 Å². The highest BCUT2D eigenvalue weighted by molar-refractivity contribution is 5.96. The van der Waals surface area contributed by atoms with Crippen molar-refractivity contribution in [2.24, 2.45) is 0 Å². The number of hydrogen-bond donors (Lipinski definition) is 1. The Hall–Kier alpha value is -1.58. The van der Waals surface area contributed by atoms with Crippen LogP contribution < -0.4 is 0 Å². The predicted octanol–water partition coefficient (Wildman–Crippen LogP) is 0.766. The first-order chi connectivity index (χ1) is 5.70. The summed E-state index contributed by atoms with van der Waals surface area (Å²) in [7, 11) is 0. The van der Waals surface area contributed by atoms with Crippen molar-refractivity contribution in [3.05, 3.63) is 23.0 Å². The van der Waals surface area contributed by atoms with Crippen LogP contribution in [0.15, 0.2) is 6.20 Å². The number of nitrogens with zero attached hydrogens (tertiary/aromatic N) is 1. The lowest BCUT2D eigenvalue weighted by Crippen LogP contribution is -1.96. The summed E-state index contributed by atoms with van der Waals surface area (Å²) in [6, 6.07) is 0. The summed E-state index contributed by atoms with van der Waals surface area (Å²) in [5.74, 6) is -0.525. The van der Waals surface area contributed by atoms with Crippen LogP contribution in [0.25, 0.3) is 0 Å². The maximum Gasteiger partial charge on any atom is 0.342 e.